The molecule has 1 aliphatic rings. The van der Waals surface area contributed by atoms with Gasteiger partial charge in [0.1, 0.15) is 0 Å². The highest BCUT2D eigenvalue weighted by atomic mass is 16.5. The van der Waals surface area contributed by atoms with E-state index in [2.05, 4.69) is 25.3 Å². The predicted octanol–water partition coefficient (Wildman–Crippen LogP) is 2.40. The van der Waals surface area contributed by atoms with Crippen LogP contribution in [-0.4, -0.2) is 25.3 Å². The number of nitrogens with one attached hydrogen (secondary N) is 1. The second-order valence-corrected chi connectivity index (χ2v) is 4.64. The van der Waals surface area contributed by atoms with Crippen LogP contribution in [0.5, 0.6) is 0 Å². The molecular formula is C13H11N5O. The number of pyridine rings is 1. The molecule has 1 aliphatic carbocycles. The van der Waals surface area contributed by atoms with Crippen LogP contribution in [0.1, 0.15) is 24.5 Å². The van der Waals surface area contributed by atoms with Crippen LogP contribution in [0.2, 0.25) is 0 Å². The van der Waals surface area contributed by atoms with Crippen molar-refractivity contribution in [3.63, 3.8) is 0 Å². The average Bonchev–Trinajstić information content (AvgIpc) is 3.01. The summed E-state index contributed by atoms with van der Waals surface area (Å²) in [5.74, 6) is 1.62. The lowest BCUT2D eigenvalue weighted by Gasteiger charge is -1.89. The number of H-pyrrole nitrogens is 1. The summed E-state index contributed by atoms with van der Waals surface area (Å²) in [6.45, 7) is 0. The molecule has 1 N–H and O–H groups in total. The standard InChI is InChI=1S/C13H11N5O/c1-2-8(1)10-7-11(17-16-10)13-15-12(18-19-13)9-3-5-14-6-4-9/h3-8H,1-2H2,(H,16,17). The summed E-state index contributed by atoms with van der Waals surface area (Å²) >= 11 is 0. The Hall–Kier alpha value is -2.50. The van der Waals surface area contributed by atoms with Gasteiger partial charge in [-0.05, 0) is 31.0 Å². The number of rotatable bonds is 3. The monoisotopic (exact) mass is 253 g/mol. The Balaban J connectivity index is 1.66. The smallest absolute Gasteiger partial charge is 0.278 e. The Morgan fingerprint density at radius 2 is 2.05 bits per heavy atom. The Morgan fingerprint density at radius 1 is 1.21 bits per heavy atom. The van der Waals surface area contributed by atoms with Crippen LogP contribution < -0.4 is 0 Å². The van der Waals surface area contributed by atoms with E-state index in [1.807, 2.05) is 18.2 Å². The Bertz CT molecular complexity index is 699. The van der Waals surface area contributed by atoms with Crippen molar-refractivity contribution in [1.29, 1.82) is 0 Å². The van der Waals surface area contributed by atoms with Crippen LogP contribution >= 0.6 is 0 Å². The normalized spacial score (nSPS) is 14.7. The molecule has 1 fully saturated rings. The van der Waals surface area contributed by atoms with Crippen LogP contribution in [0.25, 0.3) is 23.0 Å². The maximum Gasteiger partial charge on any atom is 0.278 e. The number of hydrogen-bond donors (Lipinski definition) is 1. The lowest BCUT2D eigenvalue weighted by atomic mass is 10.2. The zero-order valence-corrected chi connectivity index (χ0v) is 10.1. The molecule has 0 amide bonds. The highest BCUT2D eigenvalue weighted by Gasteiger charge is 2.26. The van der Waals surface area contributed by atoms with Gasteiger partial charge < -0.3 is 4.52 Å². The molecule has 1 saturated carbocycles. The van der Waals surface area contributed by atoms with Crippen molar-refractivity contribution < 1.29 is 4.52 Å². The number of aromatic nitrogens is 5. The van der Waals surface area contributed by atoms with Crippen molar-refractivity contribution in [2.45, 2.75) is 18.8 Å². The third-order valence-corrected chi connectivity index (χ3v) is 3.20. The Morgan fingerprint density at radius 3 is 2.84 bits per heavy atom. The molecule has 3 heterocycles. The van der Waals surface area contributed by atoms with Gasteiger partial charge in [-0.25, -0.2) is 0 Å². The van der Waals surface area contributed by atoms with Gasteiger partial charge in [-0.1, -0.05) is 5.16 Å². The van der Waals surface area contributed by atoms with Crippen molar-refractivity contribution >= 4 is 0 Å². The minimum atomic E-state index is 0.440. The topological polar surface area (TPSA) is 80.5 Å². The molecule has 0 aromatic carbocycles. The van der Waals surface area contributed by atoms with Crippen LogP contribution in [-0.2, 0) is 0 Å². The first kappa shape index (κ1) is 10.4. The van der Waals surface area contributed by atoms with Gasteiger partial charge >= 0.3 is 0 Å². The minimum Gasteiger partial charge on any atom is -0.332 e. The third-order valence-electron chi connectivity index (χ3n) is 3.20. The number of aromatic amines is 1. The van der Waals surface area contributed by atoms with Gasteiger partial charge in [-0.3, -0.25) is 10.1 Å². The van der Waals surface area contributed by atoms with Gasteiger partial charge in [0, 0.05) is 29.6 Å². The lowest BCUT2D eigenvalue weighted by molar-refractivity contribution is 0.431. The van der Waals surface area contributed by atoms with Gasteiger partial charge in [0.05, 0.1) is 0 Å². The van der Waals surface area contributed by atoms with Gasteiger partial charge in [0.25, 0.3) is 5.89 Å². The molecule has 4 rings (SSSR count). The van der Waals surface area contributed by atoms with Gasteiger partial charge in [0.15, 0.2) is 5.69 Å². The van der Waals surface area contributed by atoms with Crippen molar-refractivity contribution in [3.05, 3.63) is 36.3 Å². The molecule has 0 aliphatic heterocycles. The SMILES string of the molecule is c1cc(-c2noc(-c3cc(C4CC4)[nH]n3)n2)ccn1. The zero-order valence-electron chi connectivity index (χ0n) is 10.1. The summed E-state index contributed by atoms with van der Waals surface area (Å²) in [6.07, 6.45) is 5.86. The molecule has 19 heavy (non-hydrogen) atoms. The van der Waals surface area contributed by atoms with Crippen LogP contribution in [0, 0.1) is 0 Å². The summed E-state index contributed by atoms with van der Waals surface area (Å²) in [5, 5.41) is 11.2. The van der Waals surface area contributed by atoms with Gasteiger partial charge in [0.2, 0.25) is 5.82 Å². The van der Waals surface area contributed by atoms with Crippen molar-refractivity contribution in [2.24, 2.45) is 0 Å². The second kappa shape index (κ2) is 4.01. The fourth-order valence-corrected chi connectivity index (χ4v) is 2.00. The highest BCUT2D eigenvalue weighted by molar-refractivity contribution is 5.57. The van der Waals surface area contributed by atoms with E-state index in [-0.39, 0.29) is 0 Å². The summed E-state index contributed by atoms with van der Waals surface area (Å²) < 4.78 is 5.25. The van der Waals surface area contributed by atoms with E-state index in [1.54, 1.807) is 12.4 Å². The molecule has 0 bridgehead atoms. The maximum atomic E-state index is 5.25. The van der Waals surface area contributed by atoms with E-state index in [9.17, 15) is 0 Å². The molecule has 0 saturated heterocycles. The van der Waals surface area contributed by atoms with Crippen molar-refractivity contribution in [3.8, 4) is 23.0 Å². The van der Waals surface area contributed by atoms with Crippen molar-refractivity contribution in [2.75, 3.05) is 0 Å². The summed E-state index contributed by atoms with van der Waals surface area (Å²) in [6, 6.07) is 5.67. The molecular weight excluding hydrogens is 242 g/mol. The van der Waals surface area contributed by atoms with E-state index >= 15 is 0 Å². The molecule has 6 nitrogen and oxygen atoms in total. The average molecular weight is 253 g/mol. The largest absolute Gasteiger partial charge is 0.332 e. The Kier molecular flexibility index (Phi) is 2.20. The predicted molar refractivity (Wildman–Crippen MR) is 67.1 cm³/mol. The molecule has 0 radical (unpaired) electrons. The molecule has 3 aromatic rings. The van der Waals surface area contributed by atoms with Gasteiger partial charge in [-0.2, -0.15) is 10.1 Å². The molecule has 6 heteroatoms. The van der Waals surface area contributed by atoms with E-state index in [0.29, 0.717) is 23.3 Å². The summed E-state index contributed by atoms with van der Waals surface area (Å²) in [7, 11) is 0. The van der Waals surface area contributed by atoms with Crippen LogP contribution in [0.15, 0.2) is 35.1 Å². The first-order valence-electron chi connectivity index (χ1n) is 6.20. The van der Waals surface area contributed by atoms with Gasteiger partial charge in [-0.15, -0.1) is 0 Å². The number of hydrogen-bond acceptors (Lipinski definition) is 5. The number of nitrogens with zero attached hydrogens (tertiary/aromatic N) is 4. The van der Waals surface area contributed by atoms with E-state index in [4.69, 9.17) is 4.52 Å². The molecule has 3 aromatic heterocycles. The molecule has 0 spiro atoms. The second-order valence-electron chi connectivity index (χ2n) is 4.64. The minimum absolute atomic E-state index is 0.440. The fourth-order valence-electron chi connectivity index (χ4n) is 2.00. The quantitative estimate of drug-likeness (QED) is 0.775. The summed E-state index contributed by atoms with van der Waals surface area (Å²) in [4.78, 5) is 8.32. The highest BCUT2D eigenvalue weighted by Crippen LogP contribution is 2.39. The maximum absolute atomic E-state index is 5.25. The van der Waals surface area contributed by atoms with E-state index < -0.39 is 0 Å². The van der Waals surface area contributed by atoms with Crippen LogP contribution in [0.3, 0.4) is 0 Å². The summed E-state index contributed by atoms with van der Waals surface area (Å²) in [5.41, 5.74) is 2.73. The third kappa shape index (κ3) is 1.91. The van der Waals surface area contributed by atoms with E-state index in [0.717, 1.165) is 11.3 Å². The van der Waals surface area contributed by atoms with Crippen LogP contribution in [0.4, 0.5) is 0 Å². The molecule has 94 valence electrons. The lowest BCUT2D eigenvalue weighted by Crippen LogP contribution is -1.81. The molecule has 0 atom stereocenters. The first-order chi connectivity index (χ1) is 9.40. The molecule has 0 unspecified atom stereocenters. The first-order valence-corrected chi connectivity index (χ1v) is 6.20. The Labute approximate surface area is 108 Å². The zero-order chi connectivity index (χ0) is 12.7. The van der Waals surface area contributed by atoms with E-state index in [1.165, 1.54) is 12.8 Å². The fraction of sp³-hybridized carbons (Fsp3) is 0.231. The van der Waals surface area contributed by atoms with Crippen molar-refractivity contribution in [1.82, 2.24) is 25.3 Å².